The fourth-order valence-corrected chi connectivity index (χ4v) is 3.67. The summed E-state index contributed by atoms with van der Waals surface area (Å²) in [6.45, 7) is 4.47. The lowest BCUT2D eigenvalue weighted by atomic mass is 9.91. The van der Waals surface area contributed by atoms with Gasteiger partial charge < -0.3 is 0 Å². The molecule has 0 N–H and O–H groups in total. The maximum absolute atomic E-state index is 4.49. The van der Waals surface area contributed by atoms with Gasteiger partial charge >= 0.3 is 0 Å². The van der Waals surface area contributed by atoms with Crippen LogP contribution in [0.4, 0.5) is 0 Å². The van der Waals surface area contributed by atoms with E-state index in [1.54, 1.807) is 0 Å². The first-order chi connectivity index (χ1) is 13.7. The van der Waals surface area contributed by atoms with Gasteiger partial charge in [0, 0.05) is 23.7 Å². The highest BCUT2D eigenvalue weighted by Crippen LogP contribution is 2.29. The van der Waals surface area contributed by atoms with Crippen LogP contribution in [0.1, 0.15) is 48.1 Å². The van der Waals surface area contributed by atoms with Crippen molar-refractivity contribution in [3.63, 3.8) is 0 Å². The first kappa shape index (κ1) is 18.2. The van der Waals surface area contributed by atoms with E-state index in [2.05, 4.69) is 104 Å². The molecule has 0 saturated carbocycles. The van der Waals surface area contributed by atoms with E-state index in [1.165, 1.54) is 27.8 Å². The molecule has 0 saturated heterocycles. The summed E-state index contributed by atoms with van der Waals surface area (Å²) in [5.41, 5.74) is 7.58. The highest BCUT2D eigenvalue weighted by atomic mass is 14.7. The molecule has 4 rings (SSSR count). The molecule has 1 heteroatoms. The van der Waals surface area contributed by atoms with E-state index in [9.17, 15) is 0 Å². The van der Waals surface area contributed by atoms with Gasteiger partial charge in [0.1, 0.15) is 0 Å². The molecule has 1 aromatic heterocycles. The molecule has 0 amide bonds. The first-order valence-corrected chi connectivity index (χ1v) is 9.88. The van der Waals surface area contributed by atoms with Gasteiger partial charge in [-0.1, -0.05) is 98.8 Å². The summed E-state index contributed by atoms with van der Waals surface area (Å²) in [4.78, 5) is 4.49. The molecule has 1 nitrogen and oxygen atoms in total. The Morgan fingerprint density at radius 3 is 1.54 bits per heavy atom. The van der Waals surface area contributed by atoms with Crippen LogP contribution in [0.25, 0.3) is 11.1 Å². The molecule has 0 bridgehead atoms. The summed E-state index contributed by atoms with van der Waals surface area (Å²) < 4.78 is 0. The van der Waals surface area contributed by atoms with Crippen LogP contribution in [0.5, 0.6) is 0 Å². The number of pyridine rings is 1. The average Bonchev–Trinajstić information content (AvgIpc) is 2.79. The molecule has 0 fully saturated rings. The normalized spacial score (nSPS) is 13.1. The molecule has 2 atom stereocenters. The SMILES string of the molecule is CC(c1ccccc1)c1ccc(-c2ccc(C(C)c3ccccn3)cc2)cc1. The van der Waals surface area contributed by atoms with Crippen LogP contribution < -0.4 is 0 Å². The van der Waals surface area contributed by atoms with Crippen molar-refractivity contribution in [1.29, 1.82) is 0 Å². The Morgan fingerprint density at radius 2 is 1.00 bits per heavy atom. The average molecular weight is 364 g/mol. The summed E-state index contributed by atoms with van der Waals surface area (Å²) in [6.07, 6.45) is 1.86. The van der Waals surface area contributed by atoms with Gasteiger partial charge in [-0.2, -0.15) is 0 Å². The van der Waals surface area contributed by atoms with E-state index >= 15 is 0 Å². The second kappa shape index (κ2) is 8.22. The number of aromatic nitrogens is 1. The predicted molar refractivity (Wildman–Crippen MR) is 118 cm³/mol. The molecule has 1 heterocycles. The van der Waals surface area contributed by atoms with E-state index in [1.807, 2.05) is 18.3 Å². The van der Waals surface area contributed by atoms with Crippen molar-refractivity contribution in [3.8, 4) is 11.1 Å². The zero-order chi connectivity index (χ0) is 19.3. The van der Waals surface area contributed by atoms with E-state index in [0.717, 1.165) is 5.69 Å². The quantitative estimate of drug-likeness (QED) is 0.370. The van der Waals surface area contributed by atoms with E-state index in [4.69, 9.17) is 0 Å². The Hall–Kier alpha value is -3.19. The van der Waals surface area contributed by atoms with E-state index in [0.29, 0.717) is 11.8 Å². The van der Waals surface area contributed by atoms with E-state index < -0.39 is 0 Å². The Morgan fingerprint density at radius 1 is 0.500 bits per heavy atom. The Bertz CT molecular complexity index is 916. The fraction of sp³-hybridized carbons (Fsp3) is 0.148. The molecule has 0 aliphatic carbocycles. The summed E-state index contributed by atoms with van der Waals surface area (Å²) in [5.74, 6) is 0.696. The molecule has 28 heavy (non-hydrogen) atoms. The minimum Gasteiger partial charge on any atom is -0.261 e. The van der Waals surface area contributed by atoms with Crippen LogP contribution >= 0.6 is 0 Å². The molecule has 3 aromatic carbocycles. The molecule has 2 unspecified atom stereocenters. The number of rotatable bonds is 5. The van der Waals surface area contributed by atoms with Crippen LogP contribution in [0.3, 0.4) is 0 Å². The lowest BCUT2D eigenvalue weighted by Crippen LogP contribution is -1.98. The Labute approximate surface area is 167 Å². The second-order valence-corrected chi connectivity index (χ2v) is 7.35. The predicted octanol–water partition coefficient (Wildman–Crippen LogP) is 7.05. The van der Waals surface area contributed by atoms with Crippen LogP contribution in [0.2, 0.25) is 0 Å². The third-order valence-electron chi connectivity index (χ3n) is 5.59. The zero-order valence-corrected chi connectivity index (χ0v) is 16.4. The van der Waals surface area contributed by atoms with Crippen LogP contribution in [0.15, 0.2) is 103 Å². The van der Waals surface area contributed by atoms with Gasteiger partial charge in [-0.25, -0.2) is 0 Å². The Balaban J connectivity index is 1.52. The van der Waals surface area contributed by atoms with Gasteiger partial charge in [0.25, 0.3) is 0 Å². The lowest BCUT2D eigenvalue weighted by molar-refractivity contribution is 0.872. The highest BCUT2D eigenvalue weighted by Gasteiger charge is 2.10. The molecule has 4 aromatic rings. The third kappa shape index (κ3) is 3.89. The summed E-state index contributed by atoms with van der Waals surface area (Å²) in [5, 5.41) is 0. The van der Waals surface area contributed by atoms with Crippen molar-refractivity contribution in [2.75, 3.05) is 0 Å². The molecular weight excluding hydrogens is 338 g/mol. The van der Waals surface area contributed by atoms with Gasteiger partial charge in [-0.3, -0.25) is 4.98 Å². The van der Waals surface area contributed by atoms with Gasteiger partial charge in [0.15, 0.2) is 0 Å². The summed E-state index contributed by atoms with van der Waals surface area (Å²) >= 11 is 0. The van der Waals surface area contributed by atoms with Crippen molar-refractivity contribution in [1.82, 2.24) is 4.98 Å². The molecule has 0 aliphatic rings. The molecular formula is C27H25N. The summed E-state index contributed by atoms with van der Waals surface area (Å²) in [6, 6.07) is 34.6. The molecule has 0 spiro atoms. The molecule has 0 radical (unpaired) electrons. The van der Waals surface area contributed by atoms with Crippen molar-refractivity contribution >= 4 is 0 Å². The first-order valence-electron chi connectivity index (χ1n) is 9.88. The fourth-order valence-electron chi connectivity index (χ4n) is 3.67. The van der Waals surface area contributed by atoms with Crippen molar-refractivity contribution in [2.24, 2.45) is 0 Å². The standard InChI is InChI=1S/C27H25N/c1-20(22-8-4-3-5-9-22)23-11-15-25(16-12-23)26-17-13-24(14-18-26)21(2)27-10-6-7-19-28-27/h3-21H,1-2H3. The lowest BCUT2D eigenvalue weighted by Gasteiger charge is -2.14. The van der Waals surface area contributed by atoms with Crippen molar-refractivity contribution in [3.05, 3.63) is 126 Å². The van der Waals surface area contributed by atoms with Gasteiger partial charge in [-0.05, 0) is 39.9 Å². The highest BCUT2D eigenvalue weighted by molar-refractivity contribution is 5.64. The summed E-state index contributed by atoms with van der Waals surface area (Å²) in [7, 11) is 0. The van der Waals surface area contributed by atoms with Crippen LogP contribution in [-0.2, 0) is 0 Å². The van der Waals surface area contributed by atoms with Crippen LogP contribution in [-0.4, -0.2) is 4.98 Å². The minimum absolute atomic E-state index is 0.296. The number of hydrogen-bond donors (Lipinski definition) is 0. The minimum atomic E-state index is 0.296. The van der Waals surface area contributed by atoms with Gasteiger partial charge in [0.2, 0.25) is 0 Å². The van der Waals surface area contributed by atoms with Crippen LogP contribution in [0, 0.1) is 0 Å². The Kier molecular flexibility index (Phi) is 5.34. The largest absolute Gasteiger partial charge is 0.261 e. The maximum atomic E-state index is 4.49. The van der Waals surface area contributed by atoms with Gasteiger partial charge in [-0.15, -0.1) is 0 Å². The second-order valence-electron chi connectivity index (χ2n) is 7.35. The number of benzene rings is 3. The number of nitrogens with zero attached hydrogens (tertiary/aromatic N) is 1. The molecule has 138 valence electrons. The monoisotopic (exact) mass is 363 g/mol. The van der Waals surface area contributed by atoms with Gasteiger partial charge in [0.05, 0.1) is 0 Å². The smallest absolute Gasteiger partial charge is 0.0475 e. The number of hydrogen-bond acceptors (Lipinski definition) is 1. The van der Waals surface area contributed by atoms with Crippen molar-refractivity contribution < 1.29 is 0 Å². The third-order valence-corrected chi connectivity index (χ3v) is 5.59. The molecule has 0 aliphatic heterocycles. The van der Waals surface area contributed by atoms with Crippen molar-refractivity contribution in [2.45, 2.75) is 25.7 Å². The zero-order valence-electron chi connectivity index (χ0n) is 16.4. The maximum Gasteiger partial charge on any atom is 0.0475 e. The van der Waals surface area contributed by atoms with E-state index in [-0.39, 0.29) is 0 Å². The topological polar surface area (TPSA) is 12.9 Å².